The maximum absolute atomic E-state index is 12.7. The second-order valence-corrected chi connectivity index (χ2v) is 9.34. The molecule has 2 aromatic rings. The van der Waals surface area contributed by atoms with E-state index in [1.54, 1.807) is 6.07 Å². The molecule has 0 aliphatic heterocycles. The molecule has 1 amide bonds. The summed E-state index contributed by atoms with van der Waals surface area (Å²) in [6.45, 7) is 5.78. The van der Waals surface area contributed by atoms with Crippen LogP contribution in [0.4, 0.5) is 4.39 Å². The highest BCUT2D eigenvalue weighted by Gasteiger charge is 2.50. The van der Waals surface area contributed by atoms with E-state index in [-0.39, 0.29) is 41.7 Å². The molecule has 1 heterocycles. The normalized spacial score (nSPS) is 19.5. The van der Waals surface area contributed by atoms with Crippen LogP contribution < -0.4 is 20.1 Å². The largest absolute Gasteiger partial charge is 0.486 e. The van der Waals surface area contributed by atoms with Crippen LogP contribution in [-0.2, 0) is 14.4 Å². The summed E-state index contributed by atoms with van der Waals surface area (Å²) in [6.07, 6.45) is 4.89. The van der Waals surface area contributed by atoms with Crippen molar-refractivity contribution in [3.05, 3.63) is 52.0 Å². The Morgan fingerprint density at radius 2 is 1.86 bits per heavy atom. The molecule has 0 saturated heterocycles. The van der Waals surface area contributed by atoms with Gasteiger partial charge >= 0.3 is 0 Å². The number of ether oxygens (including phenoxy) is 2. The van der Waals surface area contributed by atoms with Crippen LogP contribution in [0, 0.1) is 12.7 Å². The maximum Gasteiger partial charge on any atom is 0.290 e. The number of aryl methyl sites for hydroxylation is 1. The van der Waals surface area contributed by atoms with Gasteiger partial charge in [-0.15, -0.1) is 0 Å². The topological polar surface area (TPSA) is 127 Å². The van der Waals surface area contributed by atoms with Gasteiger partial charge in [-0.05, 0) is 63.9 Å². The molecule has 1 fully saturated rings. The van der Waals surface area contributed by atoms with E-state index in [0.717, 1.165) is 30.9 Å². The monoisotopic (exact) mass is 559 g/mol. The summed E-state index contributed by atoms with van der Waals surface area (Å²) in [4.78, 5) is 34.4. The highest BCUT2D eigenvalue weighted by atomic mass is 35.5. The van der Waals surface area contributed by atoms with Gasteiger partial charge in [0.2, 0.25) is 0 Å². The molecular formula is C25H32Cl2FN3O6. The Morgan fingerprint density at radius 1 is 1.22 bits per heavy atom. The fourth-order valence-corrected chi connectivity index (χ4v) is 4.06. The van der Waals surface area contributed by atoms with Gasteiger partial charge < -0.3 is 25.2 Å². The van der Waals surface area contributed by atoms with Gasteiger partial charge in [-0.25, -0.2) is 9.37 Å². The molecule has 0 unspecified atom stereocenters. The van der Waals surface area contributed by atoms with Crippen molar-refractivity contribution in [3.8, 4) is 11.5 Å². The van der Waals surface area contributed by atoms with E-state index in [0.29, 0.717) is 22.9 Å². The van der Waals surface area contributed by atoms with E-state index in [9.17, 15) is 14.0 Å². The van der Waals surface area contributed by atoms with E-state index in [1.807, 2.05) is 14.0 Å². The predicted octanol–water partition coefficient (Wildman–Crippen LogP) is 4.22. The first-order valence-electron chi connectivity index (χ1n) is 11.3. The van der Waals surface area contributed by atoms with Gasteiger partial charge in [0.15, 0.2) is 12.9 Å². The van der Waals surface area contributed by atoms with Crippen LogP contribution in [0.2, 0.25) is 10.2 Å². The highest BCUT2D eigenvalue weighted by Crippen LogP contribution is 2.43. The van der Waals surface area contributed by atoms with E-state index >= 15 is 0 Å². The van der Waals surface area contributed by atoms with Crippen molar-refractivity contribution in [2.45, 2.75) is 51.1 Å². The lowest BCUT2D eigenvalue weighted by Gasteiger charge is -2.54. The Kier molecular flexibility index (Phi) is 13.3. The van der Waals surface area contributed by atoms with Crippen molar-refractivity contribution in [2.24, 2.45) is 0 Å². The van der Waals surface area contributed by atoms with Crippen molar-refractivity contribution in [1.29, 1.82) is 0 Å². The summed E-state index contributed by atoms with van der Waals surface area (Å²) in [5, 5.41) is 13.8. The number of halogens is 3. The van der Waals surface area contributed by atoms with E-state index in [2.05, 4.69) is 29.5 Å². The minimum atomic E-state index is -0.555. The first-order chi connectivity index (χ1) is 17.5. The molecular weight excluding hydrogens is 528 g/mol. The second kappa shape index (κ2) is 15.3. The molecule has 3 N–H and O–H groups in total. The molecule has 37 heavy (non-hydrogen) atoms. The van der Waals surface area contributed by atoms with Gasteiger partial charge in [0.05, 0.1) is 11.2 Å². The number of rotatable bonds is 9. The highest BCUT2D eigenvalue weighted by molar-refractivity contribution is 6.30. The number of carbonyl (C=O) groups excluding carboxylic acids is 2. The Morgan fingerprint density at radius 3 is 2.38 bits per heavy atom. The van der Waals surface area contributed by atoms with Gasteiger partial charge in [-0.1, -0.05) is 30.1 Å². The van der Waals surface area contributed by atoms with Crippen molar-refractivity contribution in [3.63, 3.8) is 0 Å². The number of nitrogens with one attached hydrogen (secondary N) is 2. The molecule has 0 radical (unpaired) electrons. The van der Waals surface area contributed by atoms with Crippen LogP contribution in [0.25, 0.3) is 0 Å². The first-order valence-corrected chi connectivity index (χ1v) is 12.1. The zero-order valence-electron chi connectivity index (χ0n) is 21.1. The number of pyridine rings is 1. The fourth-order valence-electron chi connectivity index (χ4n) is 3.83. The fraction of sp³-hybridized carbons (Fsp3) is 0.440. The Balaban J connectivity index is 0.000000383. The van der Waals surface area contributed by atoms with Gasteiger partial charge in [0, 0.05) is 17.1 Å². The lowest BCUT2D eigenvalue weighted by atomic mass is 9.62. The summed E-state index contributed by atoms with van der Waals surface area (Å²) >= 11 is 11.3. The van der Waals surface area contributed by atoms with Gasteiger partial charge in [-0.3, -0.25) is 14.4 Å². The zero-order chi connectivity index (χ0) is 28.1. The molecule has 0 atom stereocenters. The molecule has 1 aromatic heterocycles. The minimum Gasteiger partial charge on any atom is -0.486 e. The molecule has 204 valence electrons. The molecule has 12 heteroatoms. The average Bonchev–Trinajstić information content (AvgIpc) is 2.85. The zero-order valence-corrected chi connectivity index (χ0v) is 22.7. The Bertz CT molecular complexity index is 1050. The Labute approximate surface area is 225 Å². The van der Waals surface area contributed by atoms with Crippen LogP contribution in [-0.4, -0.2) is 60.1 Å². The van der Waals surface area contributed by atoms with Crippen molar-refractivity contribution in [2.75, 3.05) is 20.3 Å². The van der Waals surface area contributed by atoms with E-state index in [4.69, 9.17) is 42.6 Å². The number of amides is 1. The second-order valence-electron chi connectivity index (χ2n) is 8.57. The van der Waals surface area contributed by atoms with Crippen LogP contribution in [0.5, 0.6) is 11.5 Å². The van der Waals surface area contributed by atoms with Crippen molar-refractivity contribution >= 4 is 41.9 Å². The number of hydrogen-bond acceptors (Lipinski definition) is 7. The molecule has 0 spiro atoms. The molecule has 1 aliphatic rings. The van der Waals surface area contributed by atoms with E-state index < -0.39 is 5.82 Å². The number of carboxylic acid groups (broad SMARTS) is 1. The summed E-state index contributed by atoms with van der Waals surface area (Å²) < 4.78 is 23.0. The van der Waals surface area contributed by atoms with Gasteiger partial charge in [0.25, 0.3) is 12.4 Å². The third-order valence-electron chi connectivity index (χ3n) is 5.71. The number of hydrogen-bond donors (Lipinski definition) is 3. The average molecular weight is 560 g/mol. The third kappa shape index (κ3) is 10.5. The van der Waals surface area contributed by atoms with Crippen LogP contribution in [0.15, 0.2) is 30.5 Å². The lowest BCUT2D eigenvalue weighted by Crippen LogP contribution is -2.68. The molecule has 0 bridgehead atoms. The van der Waals surface area contributed by atoms with Crippen LogP contribution >= 0.6 is 23.2 Å². The minimum absolute atomic E-state index is 0.0131. The summed E-state index contributed by atoms with van der Waals surface area (Å²) in [7, 11) is 1.96. The van der Waals surface area contributed by atoms with E-state index in [1.165, 1.54) is 18.3 Å². The smallest absolute Gasteiger partial charge is 0.290 e. The lowest BCUT2D eigenvalue weighted by molar-refractivity contribution is -0.127. The summed E-state index contributed by atoms with van der Waals surface area (Å²) in [5.41, 5.74) is 0.821. The number of aromatic nitrogens is 1. The van der Waals surface area contributed by atoms with Gasteiger partial charge in [-0.2, -0.15) is 0 Å². The first kappa shape index (κ1) is 32.1. The third-order valence-corrected chi connectivity index (χ3v) is 6.41. The van der Waals surface area contributed by atoms with Crippen molar-refractivity contribution < 1.29 is 33.4 Å². The predicted molar refractivity (Wildman–Crippen MR) is 139 cm³/mol. The number of carbonyl (C=O) groups is 3. The standard InChI is InChI=1S/C16H24ClN3O2.C8H6ClFO2.CH2O2/c1-5-16(9-15(3,10-16)18-4)20-13(21)8-22-12-6-11(2)14(17)19-7-12;9-7-2-1-6(5-8(7)10)12-4-3-11;2-1-3/h6-7,18H,5,8-10H2,1-4H3,(H,20,21);1-3,5H,4H2;1H,(H,2,3). The SMILES string of the molecule is CCC1(NC(=O)COc2cnc(Cl)c(C)c2)CC(C)(NC)C1.O=CCOc1ccc(Cl)c(F)c1.O=CO. The van der Waals surface area contributed by atoms with Crippen molar-refractivity contribution in [1.82, 2.24) is 15.6 Å². The molecule has 3 rings (SSSR count). The molecule has 1 aliphatic carbocycles. The number of benzene rings is 1. The number of aldehydes is 1. The molecule has 9 nitrogen and oxygen atoms in total. The van der Waals surface area contributed by atoms with Crippen LogP contribution in [0.1, 0.15) is 38.7 Å². The van der Waals surface area contributed by atoms with Crippen LogP contribution in [0.3, 0.4) is 0 Å². The summed E-state index contributed by atoms with van der Waals surface area (Å²) in [6, 6.07) is 5.78. The Hall–Kier alpha value is -2.95. The molecule has 1 saturated carbocycles. The molecule has 1 aromatic carbocycles. The number of nitrogens with zero attached hydrogens (tertiary/aromatic N) is 1. The quantitative estimate of drug-likeness (QED) is 0.308. The van der Waals surface area contributed by atoms with Gasteiger partial charge in [0.1, 0.15) is 29.1 Å². The maximum atomic E-state index is 12.7. The summed E-state index contributed by atoms with van der Waals surface area (Å²) in [5.74, 6) is 0.188.